The molecule has 33 heavy (non-hydrogen) atoms. The Hall–Kier alpha value is -2.86. The number of nitrogens with zero attached hydrogens (tertiary/aromatic N) is 3. The number of methoxy groups -OCH3 is 1. The second-order valence-electron chi connectivity index (χ2n) is 7.25. The summed E-state index contributed by atoms with van der Waals surface area (Å²) in [5, 5.41) is 3.66. The predicted octanol–water partition coefficient (Wildman–Crippen LogP) is 2.85. The first-order chi connectivity index (χ1) is 15.9. The number of imidazole rings is 1. The van der Waals surface area contributed by atoms with Crippen LogP contribution in [0.3, 0.4) is 0 Å². The number of ether oxygens (including phenoxy) is 2. The van der Waals surface area contributed by atoms with Gasteiger partial charge in [0.2, 0.25) is 10.0 Å². The van der Waals surface area contributed by atoms with E-state index in [2.05, 4.69) is 10.3 Å². The van der Waals surface area contributed by atoms with Crippen molar-refractivity contribution < 1.29 is 22.7 Å². The maximum Gasteiger partial charge on any atom is 0.259 e. The quantitative estimate of drug-likeness (QED) is 0.546. The fourth-order valence-electron chi connectivity index (χ4n) is 3.36. The number of carbonyl (C=O) groups is 1. The Kier molecular flexibility index (Phi) is 7.03. The zero-order chi connectivity index (χ0) is 23.4. The third-order valence-corrected chi connectivity index (χ3v) is 8.18. The lowest BCUT2D eigenvalue weighted by atomic mass is 10.2. The minimum atomic E-state index is -3.76. The van der Waals surface area contributed by atoms with E-state index in [4.69, 9.17) is 9.47 Å². The van der Waals surface area contributed by atoms with Crippen molar-refractivity contribution >= 4 is 33.4 Å². The zero-order valence-corrected chi connectivity index (χ0v) is 19.9. The van der Waals surface area contributed by atoms with Crippen LogP contribution in [0.4, 0.5) is 5.69 Å². The average molecular weight is 489 g/mol. The SMILES string of the molecule is COc1ccc(S(=O)(=O)N2CCOCC2)cc1C(=O)Nc1ccccc1Sc1nccn1C. The van der Waals surface area contributed by atoms with Crippen LogP contribution in [-0.4, -0.2) is 61.6 Å². The number of hydrogen-bond acceptors (Lipinski definition) is 7. The van der Waals surface area contributed by atoms with Gasteiger partial charge >= 0.3 is 0 Å². The molecule has 4 rings (SSSR count). The first kappa shape index (κ1) is 23.3. The molecule has 1 amide bonds. The van der Waals surface area contributed by atoms with Gasteiger partial charge in [0.1, 0.15) is 5.75 Å². The van der Waals surface area contributed by atoms with Crippen LogP contribution in [-0.2, 0) is 21.8 Å². The normalized spacial score (nSPS) is 14.7. The summed E-state index contributed by atoms with van der Waals surface area (Å²) in [5.74, 6) is -0.193. The summed E-state index contributed by atoms with van der Waals surface area (Å²) in [7, 11) is -0.432. The molecular formula is C22H24N4O5S2. The number of para-hydroxylation sites is 1. The number of nitrogens with one attached hydrogen (secondary N) is 1. The minimum absolute atomic E-state index is 0.0334. The number of rotatable bonds is 7. The van der Waals surface area contributed by atoms with Crippen molar-refractivity contribution in [1.29, 1.82) is 0 Å². The van der Waals surface area contributed by atoms with Crippen molar-refractivity contribution in [2.45, 2.75) is 14.9 Å². The van der Waals surface area contributed by atoms with Gasteiger partial charge in [-0.25, -0.2) is 13.4 Å². The molecule has 1 saturated heterocycles. The summed E-state index contributed by atoms with van der Waals surface area (Å²) in [5.41, 5.74) is 0.711. The van der Waals surface area contributed by atoms with Gasteiger partial charge in [0.05, 0.1) is 36.5 Å². The van der Waals surface area contributed by atoms with Gasteiger partial charge in [0.15, 0.2) is 5.16 Å². The summed E-state index contributed by atoms with van der Waals surface area (Å²) >= 11 is 1.41. The molecule has 0 radical (unpaired) electrons. The Balaban J connectivity index is 1.62. The molecule has 1 fully saturated rings. The molecule has 1 aromatic heterocycles. The molecule has 174 valence electrons. The molecule has 3 aromatic rings. The minimum Gasteiger partial charge on any atom is -0.496 e. The van der Waals surface area contributed by atoms with Gasteiger partial charge in [-0.05, 0) is 42.1 Å². The molecule has 0 saturated carbocycles. The Labute approximate surface area is 196 Å². The molecule has 0 unspecified atom stereocenters. The first-order valence-corrected chi connectivity index (χ1v) is 12.5. The molecule has 0 atom stereocenters. The first-order valence-electron chi connectivity index (χ1n) is 10.2. The van der Waals surface area contributed by atoms with E-state index in [1.807, 2.05) is 36.0 Å². The van der Waals surface area contributed by atoms with Crippen LogP contribution in [0, 0.1) is 0 Å². The number of carbonyl (C=O) groups excluding carboxylic acids is 1. The summed E-state index contributed by atoms with van der Waals surface area (Å²) in [6, 6.07) is 11.6. The van der Waals surface area contributed by atoms with Crippen LogP contribution in [0.1, 0.15) is 10.4 Å². The molecule has 0 spiro atoms. The van der Waals surface area contributed by atoms with E-state index >= 15 is 0 Å². The predicted molar refractivity (Wildman–Crippen MR) is 124 cm³/mol. The number of morpholine rings is 1. The number of aromatic nitrogens is 2. The fraction of sp³-hybridized carbons (Fsp3) is 0.273. The molecule has 11 heteroatoms. The van der Waals surface area contributed by atoms with Crippen molar-refractivity contribution in [3.05, 3.63) is 60.4 Å². The highest BCUT2D eigenvalue weighted by molar-refractivity contribution is 7.99. The second-order valence-corrected chi connectivity index (χ2v) is 10.2. The van der Waals surface area contributed by atoms with E-state index in [-0.39, 0.29) is 29.3 Å². The Bertz CT molecular complexity index is 1250. The molecule has 0 aliphatic carbocycles. The van der Waals surface area contributed by atoms with Crippen LogP contribution < -0.4 is 10.1 Å². The molecule has 1 aliphatic heterocycles. The van der Waals surface area contributed by atoms with Crippen LogP contribution in [0.15, 0.2) is 69.8 Å². The van der Waals surface area contributed by atoms with Gasteiger partial charge < -0.3 is 19.4 Å². The fourth-order valence-corrected chi connectivity index (χ4v) is 5.68. The number of aryl methyl sites for hydroxylation is 1. The van der Waals surface area contributed by atoms with Crippen LogP contribution in [0.25, 0.3) is 0 Å². The summed E-state index contributed by atoms with van der Waals surface area (Å²) in [4.78, 5) is 18.4. The third-order valence-electron chi connectivity index (χ3n) is 5.14. The number of amides is 1. The van der Waals surface area contributed by atoms with Crippen molar-refractivity contribution in [1.82, 2.24) is 13.9 Å². The largest absolute Gasteiger partial charge is 0.496 e. The van der Waals surface area contributed by atoms with E-state index in [1.54, 1.807) is 12.3 Å². The van der Waals surface area contributed by atoms with Crippen molar-refractivity contribution in [3.8, 4) is 5.75 Å². The van der Waals surface area contributed by atoms with Crippen LogP contribution in [0.5, 0.6) is 5.75 Å². The summed E-state index contributed by atoms with van der Waals surface area (Å²) in [6.07, 6.45) is 3.55. The van der Waals surface area contributed by atoms with E-state index in [0.717, 1.165) is 10.1 Å². The van der Waals surface area contributed by atoms with Crippen LogP contribution in [0.2, 0.25) is 0 Å². The molecule has 1 N–H and O–H groups in total. The topological polar surface area (TPSA) is 103 Å². The zero-order valence-electron chi connectivity index (χ0n) is 18.2. The van der Waals surface area contributed by atoms with Gasteiger partial charge in [-0.1, -0.05) is 12.1 Å². The third kappa shape index (κ3) is 5.06. The Morgan fingerprint density at radius 1 is 1.18 bits per heavy atom. The average Bonchev–Trinajstić information content (AvgIpc) is 3.24. The molecule has 9 nitrogen and oxygen atoms in total. The molecule has 0 bridgehead atoms. The smallest absolute Gasteiger partial charge is 0.259 e. The van der Waals surface area contributed by atoms with E-state index in [9.17, 15) is 13.2 Å². The number of hydrogen-bond donors (Lipinski definition) is 1. The van der Waals surface area contributed by atoms with Gasteiger partial charge in [-0.2, -0.15) is 4.31 Å². The Morgan fingerprint density at radius 2 is 1.94 bits per heavy atom. The van der Waals surface area contributed by atoms with Crippen molar-refractivity contribution in [3.63, 3.8) is 0 Å². The number of benzene rings is 2. The molecule has 2 aromatic carbocycles. The lowest BCUT2D eigenvalue weighted by Gasteiger charge is -2.26. The highest BCUT2D eigenvalue weighted by Crippen LogP contribution is 2.33. The number of anilines is 1. The summed E-state index contributed by atoms with van der Waals surface area (Å²) in [6.45, 7) is 1.22. The lowest BCUT2D eigenvalue weighted by Crippen LogP contribution is -2.40. The van der Waals surface area contributed by atoms with Gasteiger partial charge in [-0.15, -0.1) is 0 Å². The van der Waals surface area contributed by atoms with Gasteiger partial charge in [0.25, 0.3) is 5.91 Å². The van der Waals surface area contributed by atoms with Crippen LogP contribution >= 0.6 is 11.8 Å². The molecule has 1 aliphatic rings. The number of sulfonamides is 1. The van der Waals surface area contributed by atoms with Crippen molar-refractivity contribution in [2.75, 3.05) is 38.7 Å². The summed E-state index contributed by atoms with van der Waals surface area (Å²) < 4.78 is 40.0. The molecular weight excluding hydrogens is 464 g/mol. The van der Waals surface area contributed by atoms with Crippen molar-refractivity contribution in [2.24, 2.45) is 7.05 Å². The molecule has 2 heterocycles. The highest BCUT2D eigenvalue weighted by Gasteiger charge is 2.28. The monoisotopic (exact) mass is 488 g/mol. The van der Waals surface area contributed by atoms with Gasteiger partial charge in [-0.3, -0.25) is 4.79 Å². The maximum atomic E-state index is 13.2. The standard InChI is InChI=1S/C22H24N4O5S2/c1-25-10-9-23-22(25)32-20-6-4-3-5-18(20)24-21(27)17-15-16(7-8-19(17)30-2)33(28,29)26-11-13-31-14-12-26/h3-10,15H,11-14H2,1-2H3,(H,24,27). The van der Waals surface area contributed by atoms with E-state index in [1.165, 1.54) is 41.4 Å². The highest BCUT2D eigenvalue weighted by atomic mass is 32.2. The maximum absolute atomic E-state index is 13.2. The van der Waals surface area contributed by atoms with E-state index in [0.29, 0.717) is 18.9 Å². The van der Waals surface area contributed by atoms with Gasteiger partial charge in [0, 0.05) is 37.4 Å². The lowest BCUT2D eigenvalue weighted by molar-refractivity contribution is 0.0730. The Morgan fingerprint density at radius 3 is 2.64 bits per heavy atom. The van der Waals surface area contributed by atoms with E-state index < -0.39 is 15.9 Å². The second kappa shape index (κ2) is 9.96.